The Morgan fingerprint density at radius 1 is 1.00 bits per heavy atom. The van der Waals surface area contributed by atoms with Crippen molar-refractivity contribution in [1.29, 1.82) is 0 Å². The van der Waals surface area contributed by atoms with Crippen molar-refractivity contribution in [3.8, 4) is 5.75 Å². The van der Waals surface area contributed by atoms with Gasteiger partial charge in [0.2, 0.25) is 0 Å². The van der Waals surface area contributed by atoms with Crippen LogP contribution in [0.5, 0.6) is 5.75 Å². The molecule has 0 radical (unpaired) electrons. The molecule has 0 fully saturated rings. The van der Waals surface area contributed by atoms with Gasteiger partial charge in [0, 0.05) is 17.4 Å². The van der Waals surface area contributed by atoms with E-state index in [9.17, 15) is 24.6 Å². The van der Waals surface area contributed by atoms with E-state index in [0.29, 0.717) is 5.39 Å². The van der Waals surface area contributed by atoms with Gasteiger partial charge in [-0.15, -0.1) is 0 Å². The van der Waals surface area contributed by atoms with Crippen LogP contribution in [0.15, 0.2) is 67.0 Å². The summed E-state index contributed by atoms with van der Waals surface area (Å²) in [5.41, 5.74) is -0.173. The van der Waals surface area contributed by atoms with Gasteiger partial charge in [0.1, 0.15) is 16.9 Å². The van der Waals surface area contributed by atoms with Crippen LogP contribution < -0.4 is 11.3 Å². The van der Waals surface area contributed by atoms with Crippen LogP contribution in [-0.4, -0.2) is 16.2 Å². The number of carboxylic acid groups (broad SMARTS) is 1. The molecule has 4 aromatic rings. The number of hydrogen-bond acceptors (Lipinski definition) is 6. The van der Waals surface area contributed by atoms with Gasteiger partial charge in [-0.1, -0.05) is 23.8 Å². The molecule has 0 bridgehead atoms. The minimum atomic E-state index is -1.20. The maximum absolute atomic E-state index is 12.7. The number of carbonyl (C=O) groups is 1. The van der Waals surface area contributed by atoms with Gasteiger partial charge >= 0.3 is 17.2 Å². The maximum Gasteiger partial charge on any atom is 0.343 e. The van der Waals surface area contributed by atoms with Crippen LogP contribution in [0, 0.1) is 6.92 Å². The minimum Gasteiger partial charge on any atom is -0.507 e. The van der Waals surface area contributed by atoms with Crippen LogP contribution in [0.1, 0.15) is 29.0 Å². The van der Waals surface area contributed by atoms with E-state index in [2.05, 4.69) is 0 Å². The number of aliphatic carboxylic acids is 1. The molecule has 29 heavy (non-hydrogen) atoms. The summed E-state index contributed by atoms with van der Waals surface area (Å²) in [6.07, 6.45) is -0.525. The fourth-order valence-corrected chi connectivity index (χ4v) is 3.59. The SMILES string of the molecule is Cc1ccc2oc(=O)cc(C(CC(=O)O)c3c(O)c4ccccc4oc3=O)c2c1. The molecule has 0 aliphatic rings. The number of fused-ring (bicyclic) bond motifs is 2. The van der Waals surface area contributed by atoms with E-state index in [4.69, 9.17) is 8.83 Å². The Balaban J connectivity index is 2.08. The van der Waals surface area contributed by atoms with Crippen molar-refractivity contribution in [2.24, 2.45) is 0 Å². The summed E-state index contributed by atoms with van der Waals surface area (Å²) in [6.45, 7) is 1.84. The monoisotopic (exact) mass is 392 g/mol. The molecule has 2 heterocycles. The highest BCUT2D eigenvalue weighted by Gasteiger charge is 2.29. The van der Waals surface area contributed by atoms with Crippen LogP contribution in [0.25, 0.3) is 21.9 Å². The summed E-state index contributed by atoms with van der Waals surface area (Å²) in [5.74, 6) is -2.67. The number of hydrogen-bond donors (Lipinski definition) is 2. The number of para-hydroxylation sites is 1. The summed E-state index contributed by atoms with van der Waals surface area (Å²) in [5, 5.41) is 21.1. The molecule has 2 aromatic carbocycles. The molecule has 7 nitrogen and oxygen atoms in total. The van der Waals surface area contributed by atoms with Gasteiger partial charge in [0.05, 0.1) is 17.4 Å². The van der Waals surface area contributed by atoms with Gasteiger partial charge in [0.25, 0.3) is 0 Å². The van der Waals surface area contributed by atoms with E-state index in [1.165, 1.54) is 6.07 Å². The van der Waals surface area contributed by atoms with Crippen molar-refractivity contribution in [2.75, 3.05) is 0 Å². The molecule has 1 atom stereocenters. The first kappa shape index (κ1) is 18.5. The minimum absolute atomic E-state index is 0.182. The zero-order valence-corrected chi connectivity index (χ0v) is 15.3. The first-order valence-corrected chi connectivity index (χ1v) is 8.86. The van der Waals surface area contributed by atoms with Crippen LogP contribution in [0.3, 0.4) is 0 Å². The molecule has 0 saturated heterocycles. The Morgan fingerprint density at radius 3 is 2.48 bits per heavy atom. The second-order valence-electron chi connectivity index (χ2n) is 6.82. The molecular formula is C22H16O7. The molecule has 7 heteroatoms. The van der Waals surface area contributed by atoms with Gasteiger partial charge in [-0.3, -0.25) is 4.79 Å². The molecule has 2 N–H and O–H groups in total. The zero-order chi connectivity index (χ0) is 20.7. The topological polar surface area (TPSA) is 118 Å². The van der Waals surface area contributed by atoms with Crippen LogP contribution >= 0.6 is 0 Å². The molecule has 4 rings (SSSR count). The lowest BCUT2D eigenvalue weighted by molar-refractivity contribution is -0.137. The Hall–Kier alpha value is -3.87. The normalized spacial score (nSPS) is 12.3. The first-order valence-electron chi connectivity index (χ1n) is 8.86. The Morgan fingerprint density at radius 2 is 1.72 bits per heavy atom. The lowest BCUT2D eigenvalue weighted by Crippen LogP contribution is -2.18. The second-order valence-corrected chi connectivity index (χ2v) is 6.82. The third kappa shape index (κ3) is 3.27. The number of benzene rings is 2. The van der Waals surface area contributed by atoms with Crippen molar-refractivity contribution >= 4 is 27.9 Å². The number of aromatic hydroxyl groups is 1. The van der Waals surface area contributed by atoms with Gasteiger partial charge in [0.15, 0.2) is 0 Å². The number of carboxylic acids is 1. The predicted molar refractivity (Wildman–Crippen MR) is 105 cm³/mol. The van der Waals surface area contributed by atoms with Gasteiger partial charge < -0.3 is 19.0 Å². The lowest BCUT2D eigenvalue weighted by atomic mass is 9.86. The lowest BCUT2D eigenvalue weighted by Gasteiger charge is -2.18. The van der Waals surface area contributed by atoms with Crippen molar-refractivity contribution in [3.63, 3.8) is 0 Å². The smallest absolute Gasteiger partial charge is 0.343 e. The van der Waals surface area contributed by atoms with Crippen LogP contribution in [0.2, 0.25) is 0 Å². The van der Waals surface area contributed by atoms with E-state index in [0.717, 1.165) is 11.6 Å². The highest BCUT2D eigenvalue weighted by Crippen LogP contribution is 2.38. The summed E-state index contributed by atoms with van der Waals surface area (Å²) in [7, 11) is 0. The summed E-state index contributed by atoms with van der Waals surface area (Å²) in [6, 6.07) is 12.7. The molecule has 0 amide bonds. The van der Waals surface area contributed by atoms with Gasteiger partial charge in [-0.25, -0.2) is 9.59 Å². The maximum atomic E-state index is 12.7. The van der Waals surface area contributed by atoms with E-state index in [1.54, 1.807) is 36.4 Å². The summed E-state index contributed by atoms with van der Waals surface area (Å²) in [4.78, 5) is 36.4. The Bertz CT molecular complexity index is 1380. The zero-order valence-electron chi connectivity index (χ0n) is 15.3. The number of rotatable bonds is 4. The largest absolute Gasteiger partial charge is 0.507 e. The third-order valence-corrected chi connectivity index (χ3v) is 4.85. The van der Waals surface area contributed by atoms with Gasteiger partial charge in [-0.2, -0.15) is 0 Å². The second kappa shape index (κ2) is 6.94. The van der Waals surface area contributed by atoms with Crippen molar-refractivity contribution in [3.05, 3.63) is 86.1 Å². The first-order chi connectivity index (χ1) is 13.8. The van der Waals surface area contributed by atoms with Crippen molar-refractivity contribution in [1.82, 2.24) is 0 Å². The molecule has 0 spiro atoms. The van der Waals surface area contributed by atoms with Gasteiger partial charge in [-0.05, 0) is 36.8 Å². The molecule has 0 aliphatic carbocycles. The highest BCUT2D eigenvalue weighted by molar-refractivity contribution is 5.87. The fourth-order valence-electron chi connectivity index (χ4n) is 3.59. The summed E-state index contributed by atoms with van der Waals surface area (Å²) < 4.78 is 10.5. The predicted octanol–water partition coefficient (Wildman–Crippen LogP) is 3.52. The molecule has 2 aromatic heterocycles. The van der Waals surface area contributed by atoms with Crippen LogP contribution in [0.4, 0.5) is 0 Å². The Kier molecular flexibility index (Phi) is 4.43. The standard InChI is InChI=1S/C22H16O7/c1-11-6-7-17-14(8-11)13(10-19(25)28-17)15(9-18(23)24)20-21(26)12-4-2-3-5-16(12)29-22(20)27/h2-8,10,15,26H,9H2,1H3,(H,23,24). The number of aryl methyl sites for hydroxylation is 1. The van der Waals surface area contributed by atoms with E-state index in [-0.39, 0.29) is 33.4 Å². The molecule has 0 saturated carbocycles. The van der Waals surface area contributed by atoms with Crippen LogP contribution in [-0.2, 0) is 4.79 Å². The molecular weight excluding hydrogens is 376 g/mol. The fraction of sp³-hybridized carbons (Fsp3) is 0.136. The van der Waals surface area contributed by atoms with Crippen molar-refractivity contribution < 1.29 is 23.8 Å². The van der Waals surface area contributed by atoms with Crippen molar-refractivity contribution in [2.45, 2.75) is 19.3 Å². The average molecular weight is 392 g/mol. The quantitative estimate of drug-likeness (QED) is 0.510. The highest BCUT2D eigenvalue weighted by atomic mass is 16.4. The third-order valence-electron chi connectivity index (χ3n) is 4.85. The van der Waals surface area contributed by atoms with E-state index < -0.39 is 29.6 Å². The Labute approximate surface area is 163 Å². The molecule has 0 aliphatic heterocycles. The summed E-state index contributed by atoms with van der Waals surface area (Å²) >= 11 is 0. The average Bonchev–Trinajstić information content (AvgIpc) is 2.66. The molecule has 1 unspecified atom stereocenters. The molecule has 146 valence electrons. The van der Waals surface area contributed by atoms with E-state index in [1.807, 2.05) is 6.92 Å². The van der Waals surface area contributed by atoms with E-state index >= 15 is 0 Å².